The minimum absolute atomic E-state index is 0.307. The van der Waals surface area contributed by atoms with Crippen molar-refractivity contribution < 1.29 is 19.1 Å². The molecule has 122 valence electrons. The van der Waals surface area contributed by atoms with E-state index < -0.39 is 17.7 Å². The van der Waals surface area contributed by atoms with Gasteiger partial charge in [-0.1, -0.05) is 12.1 Å². The van der Waals surface area contributed by atoms with Gasteiger partial charge in [0.25, 0.3) is 0 Å². The molecule has 6 nitrogen and oxygen atoms in total. The molecule has 1 amide bonds. The highest BCUT2D eigenvalue weighted by atomic mass is 16.6. The maximum absolute atomic E-state index is 11.7. The molecule has 6 heteroatoms. The third-order valence-corrected chi connectivity index (χ3v) is 2.87. The first kappa shape index (κ1) is 18.0. The van der Waals surface area contributed by atoms with Crippen molar-refractivity contribution in [2.45, 2.75) is 38.8 Å². The average Bonchev–Trinajstić information content (AvgIpc) is 2.43. The van der Waals surface area contributed by atoms with E-state index in [0.29, 0.717) is 12.1 Å². The lowest BCUT2D eigenvalue weighted by atomic mass is 10.1. The fourth-order valence-electron chi connectivity index (χ4n) is 1.83. The summed E-state index contributed by atoms with van der Waals surface area (Å²) in [6, 6.07) is 6.83. The van der Waals surface area contributed by atoms with Crippen LogP contribution in [0.5, 0.6) is 0 Å². The van der Waals surface area contributed by atoms with Gasteiger partial charge in [-0.15, -0.1) is 0 Å². The van der Waals surface area contributed by atoms with E-state index in [2.05, 4.69) is 10.6 Å². The quantitative estimate of drug-likeness (QED) is 0.817. The molecule has 0 saturated carbocycles. The summed E-state index contributed by atoms with van der Waals surface area (Å²) in [5.74, 6) is -0.307. The van der Waals surface area contributed by atoms with Crippen LogP contribution < -0.4 is 10.6 Å². The molecule has 1 aromatic carbocycles. The van der Waals surface area contributed by atoms with Crippen molar-refractivity contribution in [1.82, 2.24) is 5.32 Å². The van der Waals surface area contributed by atoms with E-state index in [0.717, 1.165) is 5.56 Å². The molecule has 22 heavy (non-hydrogen) atoms. The average molecular weight is 308 g/mol. The van der Waals surface area contributed by atoms with Gasteiger partial charge in [-0.05, 0) is 51.9 Å². The van der Waals surface area contributed by atoms with Crippen LogP contribution in [0.15, 0.2) is 24.3 Å². The SMILES string of the molecule is CN[C@@H](Cc1ccc(NC(=O)OC(C)(C)C)cc1)C(=O)OC. The lowest BCUT2D eigenvalue weighted by Crippen LogP contribution is -2.36. The normalized spacial score (nSPS) is 12.4. The number of nitrogens with one attached hydrogen (secondary N) is 2. The summed E-state index contributed by atoms with van der Waals surface area (Å²) in [4.78, 5) is 23.2. The number of likely N-dealkylation sites (N-methyl/N-ethyl adjacent to an activating group) is 1. The molecule has 1 atom stereocenters. The van der Waals surface area contributed by atoms with Crippen LogP contribution >= 0.6 is 0 Å². The molecule has 0 unspecified atom stereocenters. The van der Waals surface area contributed by atoms with Gasteiger partial charge < -0.3 is 14.8 Å². The lowest BCUT2D eigenvalue weighted by molar-refractivity contribution is -0.142. The number of methoxy groups -OCH3 is 1. The van der Waals surface area contributed by atoms with Gasteiger partial charge in [0.05, 0.1) is 7.11 Å². The van der Waals surface area contributed by atoms with Gasteiger partial charge in [-0.2, -0.15) is 0 Å². The summed E-state index contributed by atoms with van der Waals surface area (Å²) in [6.07, 6.45) is 0.0125. The largest absolute Gasteiger partial charge is 0.468 e. The number of benzene rings is 1. The van der Waals surface area contributed by atoms with Crippen LogP contribution in [0.25, 0.3) is 0 Å². The third kappa shape index (κ3) is 6.13. The number of hydrogen-bond acceptors (Lipinski definition) is 5. The van der Waals surface area contributed by atoms with E-state index in [1.54, 1.807) is 40.0 Å². The fraction of sp³-hybridized carbons (Fsp3) is 0.500. The molecule has 0 aliphatic heterocycles. The first-order valence-electron chi connectivity index (χ1n) is 7.09. The minimum Gasteiger partial charge on any atom is -0.468 e. The van der Waals surface area contributed by atoms with Gasteiger partial charge in [0.2, 0.25) is 0 Å². The number of carbonyl (C=O) groups excluding carboxylic acids is 2. The molecule has 0 saturated heterocycles. The van der Waals surface area contributed by atoms with Crippen LogP contribution in [0.1, 0.15) is 26.3 Å². The summed E-state index contributed by atoms with van der Waals surface area (Å²) in [5.41, 5.74) is 1.06. The molecule has 1 rings (SSSR count). The Balaban J connectivity index is 2.63. The molecular formula is C16H24N2O4. The molecule has 2 N–H and O–H groups in total. The lowest BCUT2D eigenvalue weighted by Gasteiger charge is -2.19. The standard InChI is InChI=1S/C16H24N2O4/c1-16(2,3)22-15(20)18-12-8-6-11(7-9-12)10-13(17-4)14(19)21-5/h6-9,13,17H,10H2,1-5H3,(H,18,20)/t13-/m0/s1. The van der Waals surface area contributed by atoms with Crippen molar-refractivity contribution in [2.24, 2.45) is 0 Å². The van der Waals surface area contributed by atoms with Gasteiger partial charge in [0.1, 0.15) is 11.6 Å². The van der Waals surface area contributed by atoms with Crippen LogP contribution in [0.4, 0.5) is 10.5 Å². The maximum atomic E-state index is 11.7. The van der Waals surface area contributed by atoms with Gasteiger partial charge in [0.15, 0.2) is 0 Å². The van der Waals surface area contributed by atoms with Crippen molar-refractivity contribution in [3.63, 3.8) is 0 Å². The van der Waals surface area contributed by atoms with Crippen molar-refractivity contribution in [1.29, 1.82) is 0 Å². The fourth-order valence-corrected chi connectivity index (χ4v) is 1.83. The maximum Gasteiger partial charge on any atom is 0.412 e. The molecular weight excluding hydrogens is 284 g/mol. The summed E-state index contributed by atoms with van der Waals surface area (Å²) < 4.78 is 9.90. The Morgan fingerprint density at radius 1 is 1.18 bits per heavy atom. The van der Waals surface area contributed by atoms with Gasteiger partial charge in [-0.3, -0.25) is 10.1 Å². The summed E-state index contributed by atoms with van der Waals surface area (Å²) in [6.45, 7) is 5.42. The number of amides is 1. The van der Waals surface area contributed by atoms with Crippen molar-refractivity contribution in [2.75, 3.05) is 19.5 Å². The molecule has 0 aromatic heterocycles. The van der Waals surface area contributed by atoms with E-state index in [-0.39, 0.29) is 5.97 Å². The Morgan fingerprint density at radius 3 is 2.23 bits per heavy atom. The van der Waals surface area contributed by atoms with Gasteiger partial charge >= 0.3 is 12.1 Å². The predicted molar refractivity (Wildman–Crippen MR) is 84.9 cm³/mol. The molecule has 0 aliphatic carbocycles. The summed E-state index contributed by atoms with van der Waals surface area (Å²) in [7, 11) is 3.07. The second-order valence-electron chi connectivity index (χ2n) is 5.89. The molecule has 0 spiro atoms. The zero-order valence-corrected chi connectivity index (χ0v) is 13.7. The van der Waals surface area contributed by atoms with Gasteiger partial charge in [-0.25, -0.2) is 4.79 Å². The van der Waals surface area contributed by atoms with Crippen LogP contribution in [-0.2, 0) is 20.7 Å². The zero-order chi connectivity index (χ0) is 16.8. The van der Waals surface area contributed by atoms with Crippen molar-refractivity contribution in [3.05, 3.63) is 29.8 Å². The smallest absolute Gasteiger partial charge is 0.412 e. The number of anilines is 1. The van der Waals surface area contributed by atoms with Crippen LogP contribution in [-0.4, -0.2) is 37.9 Å². The molecule has 0 radical (unpaired) electrons. The molecule has 0 aliphatic rings. The molecule has 0 bridgehead atoms. The Labute approximate surface area is 131 Å². The monoisotopic (exact) mass is 308 g/mol. The minimum atomic E-state index is -0.537. The number of carbonyl (C=O) groups is 2. The number of ether oxygens (including phenoxy) is 2. The predicted octanol–water partition coefficient (Wildman–Crippen LogP) is 2.34. The van der Waals surface area contributed by atoms with Crippen LogP contribution in [0.2, 0.25) is 0 Å². The second-order valence-corrected chi connectivity index (χ2v) is 5.89. The van der Waals surface area contributed by atoms with Crippen molar-refractivity contribution >= 4 is 17.7 Å². The topological polar surface area (TPSA) is 76.7 Å². The Kier molecular flexibility index (Phi) is 6.37. The first-order valence-corrected chi connectivity index (χ1v) is 7.09. The summed E-state index contributed by atoms with van der Waals surface area (Å²) in [5, 5.41) is 5.57. The molecule has 0 heterocycles. The van der Waals surface area contributed by atoms with E-state index >= 15 is 0 Å². The van der Waals surface area contributed by atoms with Crippen LogP contribution in [0, 0.1) is 0 Å². The van der Waals surface area contributed by atoms with Crippen LogP contribution in [0.3, 0.4) is 0 Å². The Morgan fingerprint density at radius 2 is 1.77 bits per heavy atom. The number of hydrogen-bond donors (Lipinski definition) is 2. The van der Waals surface area contributed by atoms with E-state index in [9.17, 15) is 9.59 Å². The zero-order valence-electron chi connectivity index (χ0n) is 13.7. The molecule has 1 aromatic rings. The van der Waals surface area contributed by atoms with Gasteiger partial charge in [0, 0.05) is 5.69 Å². The highest BCUT2D eigenvalue weighted by molar-refractivity contribution is 5.84. The first-order chi connectivity index (χ1) is 10.2. The summed E-state index contributed by atoms with van der Waals surface area (Å²) >= 11 is 0. The second kappa shape index (κ2) is 7.79. The van der Waals surface area contributed by atoms with E-state index in [1.165, 1.54) is 7.11 Å². The molecule has 0 fully saturated rings. The van der Waals surface area contributed by atoms with E-state index in [4.69, 9.17) is 9.47 Å². The number of rotatable bonds is 5. The third-order valence-electron chi connectivity index (χ3n) is 2.87. The Hall–Kier alpha value is -2.08. The number of esters is 1. The Bertz CT molecular complexity index is 506. The van der Waals surface area contributed by atoms with Crippen molar-refractivity contribution in [3.8, 4) is 0 Å². The highest BCUT2D eigenvalue weighted by Gasteiger charge is 2.18. The van der Waals surface area contributed by atoms with E-state index in [1.807, 2.05) is 12.1 Å². The highest BCUT2D eigenvalue weighted by Crippen LogP contribution is 2.14.